The molecule has 0 radical (unpaired) electrons. The molecule has 8 N–H and O–H groups in total. The summed E-state index contributed by atoms with van der Waals surface area (Å²) in [6.07, 6.45) is 0. The summed E-state index contributed by atoms with van der Waals surface area (Å²) in [5.74, 6) is -4.08. The minimum Gasteiger partial charge on any atom is -0.480 e. The van der Waals surface area contributed by atoms with Crippen molar-refractivity contribution in [3.63, 3.8) is 0 Å². The maximum atomic E-state index is 11.1. The van der Waals surface area contributed by atoms with Crippen molar-refractivity contribution in [2.24, 2.45) is 11.5 Å². The monoisotopic (exact) mass is 464 g/mol. The second kappa shape index (κ2) is 15.7. The average Bonchev–Trinajstić information content (AvgIpc) is 2.61. The summed E-state index contributed by atoms with van der Waals surface area (Å²) >= 11 is 0. The Balaban J connectivity index is 0.00000220. The maximum absolute atomic E-state index is 11.1. The number of amides is 2. The lowest BCUT2D eigenvalue weighted by molar-refractivity contribution is -0.141. The number of nitrogens with two attached hydrogens (primary N) is 2. The van der Waals surface area contributed by atoms with E-state index in [1.165, 1.54) is 0 Å². The van der Waals surface area contributed by atoms with Gasteiger partial charge in [0.1, 0.15) is 0 Å². The van der Waals surface area contributed by atoms with Gasteiger partial charge >= 0.3 is 29.9 Å². The van der Waals surface area contributed by atoms with Crippen molar-refractivity contribution >= 4 is 29.9 Å². The van der Waals surface area contributed by atoms with Crippen molar-refractivity contribution in [3.05, 3.63) is 0 Å². The zero-order valence-electron chi connectivity index (χ0n) is 17.8. The molecule has 0 aliphatic carbocycles. The third-order valence-electron chi connectivity index (χ3n) is 4.37. The zero-order valence-corrected chi connectivity index (χ0v) is 17.8. The van der Waals surface area contributed by atoms with Crippen LogP contribution >= 0.6 is 0 Å². The summed E-state index contributed by atoms with van der Waals surface area (Å²) in [5, 5.41) is 36.3. The van der Waals surface area contributed by atoms with Gasteiger partial charge < -0.3 is 31.9 Å². The molecule has 0 bridgehead atoms. The van der Waals surface area contributed by atoms with E-state index >= 15 is 0 Å². The quantitative estimate of drug-likeness (QED) is 0.205. The van der Waals surface area contributed by atoms with Crippen molar-refractivity contribution in [1.29, 1.82) is 0 Å². The molecule has 0 saturated carbocycles. The predicted octanol–water partition coefficient (Wildman–Crippen LogP) is -3.43. The number of hydrogen-bond acceptors (Lipinski definition) is 9. The molecule has 32 heavy (non-hydrogen) atoms. The van der Waals surface area contributed by atoms with Crippen LogP contribution in [0.1, 0.15) is 0 Å². The number of carbonyl (C=O) groups excluding carboxylic acids is 1. The van der Waals surface area contributed by atoms with E-state index in [9.17, 15) is 19.2 Å². The minimum atomic E-state index is -1.02. The molecule has 184 valence electrons. The molecule has 1 rings (SSSR count). The SMILES string of the molecule is NC(N)=O.O=C(O)CN1CCN(CC(=O)O)CCN(CC(=O)O)CCN(CC(=O)O)CC1. The van der Waals surface area contributed by atoms with Gasteiger partial charge in [0.25, 0.3) is 0 Å². The molecule has 1 saturated heterocycles. The highest BCUT2D eigenvalue weighted by Crippen LogP contribution is 2.01. The minimum absolute atomic E-state index is 0.229. The van der Waals surface area contributed by atoms with Crippen LogP contribution in [0, 0.1) is 0 Å². The number of rotatable bonds is 8. The Morgan fingerprint density at radius 3 is 0.688 bits per heavy atom. The van der Waals surface area contributed by atoms with Crippen molar-refractivity contribution in [2.45, 2.75) is 0 Å². The Kier molecular flexibility index (Phi) is 14.3. The van der Waals surface area contributed by atoms with E-state index in [0.717, 1.165) is 0 Å². The Morgan fingerprint density at radius 1 is 0.469 bits per heavy atom. The molecule has 0 aromatic rings. The molecule has 0 aromatic carbocycles. The molecule has 0 aromatic heterocycles. The second-order valence-corrected chi connectivity index (χ2v) is 7.08. The Bertz CT molecular complexity index is 532. The number of carboxylic acid groups (broad SMARTS) is 4. The van der Waals surface area contributed by atoms with Crippen LogP contribution < -0.4 is 11.5 Å². The van der Waals surface area contributed by atoms with E-state index in [1.807, 2.05) is 0 Å². The van der Waals surface area contributed by atoms with Crippen LogP contribution in [0.2, 0.25) is 0 Å². The van der Waals surface area contributed by atoms with E-state index in [-0.39, 0.29) is 26.2 Å². The third-order valence-corrected chi connectivity index (χ3v) is 4.37. The molecule has 1 aliphatic rings. The summed E-state index contributed by atoms with van der Waals surface area (Å²) < 4.78 is 0. The lowest BCUT2D eigenvalue weighted by atomic mass is 10.3. The van der Waals surface area contributed by atoms with Gasteiger partial charge in [-0.1, -0.05) is 0 Å². The molecule has 15 heteroatoms. The van der Waals surface area contributed by atoms with Crippen LogP contribution in [-0.4, -0.2) is 148 Å². The lowest BCUT2D eigenvalue weighted by Gasteiger charge is -2.32. The largest absolute Gasteiger partial charge is 0.480 e. The molecule has 1 aliphatic heterocycles. The number of aliphatic carboxylic acids is 4. The van der Waals surface area contributed by atoms with E-state index in [1.54, 1.807) is 19.6 Å². The number of carbonyl (C=O) groups is 5. The van der Waals surface area contributed by atoms with Crippen LogP contribution in [-0.2, 0) is 19.2 Å². The van der Waals surface area contributed by atoms with Gasteiger partial charge in [0.2, 0.25) is 0 Å². The van der Waals surface area contributed by atoms with Gasteiger partial charge in [-0.25, -0.2) is 4.79 Å². The van der Waals surface area contributed by atoms with Gasteiger partial charge in [0, 0.05) is 52.4 Å². The normalized spacial score (nSPS) is 17.8. The molecule has 1 heterocycles. The number of carboxylic acids is 4. The van der Waals surface area contributed by atoms with E-state index < -0.39 is 29.9 Å². The van der Waals surface area contributed by atoms with Crippen molar-refractivity contribution in [3.8, 4) is 0 Å². The van der Waals surface area contributed by atoms with Gasteiger partial charge in [-0.05, 0) is 0 Å². The Morgan fingerprint density at radius 2 is 0.594 bits per heavy atom. The van der Waals surface area contributed by atoms with Gasteiger partial charge in [-0.3, -0.25) is 38.8 Å². The van der Waals surface area contributed by atoms with E-state index in [0.29, 0.717) is 52.4 Å². The topological polar surface area (TPSA) is 231 Å². The van der Waals surface area contributed by atoms with Gasteiger partial charge in [-0.15, -0.1) is 0 Å². The van der Waals surface area contributed by atoms with Gasteiger partial charge in [0.05, 0.1) is 26.2 Å². The Labute approximate surface area is 184 Å². The molecule has 2 amide bonds. The zero-order chi connectivity index (χ0) is 24.7. The van der Waals surface area contributed by atoms with Crippen molar-refractivity contribution in [1.82, 2.24) is 19.6 Å². The molecule has 0 atom stereocenters. The fourth-order valence-corrected chi connectivity index (χ4v) is 2.98. The fourth-order valence-electron chi connectivity index (χ4n) is 2.98. The highest BCUT2D eigenvalue weighted by molar-refractivity contribution is 5.70. The highest BCUT2D eigenvalue weighted by Gasteiger charge is 2.20. The van der Waals surface area contributed by atoms with Crippen molar-refractivity contribution < 1.29 is 44.4 Å². The van der Waals surface area contributed by atoms with E-state index in [4.69, 9.17) is 25.2 Å². The first-order valence-electron chi connectivity index (χ1n) is 9.70. The predicted molar refractivity (Wildman–Crippen MR) is 110 cm³/mol. The van der Waals surface area contributed by atoms with Gasteiger partial charge in [-0.2, -0.15) is 0 Å². The maximum Gasteiger partial charge on any atom is 0.317 e. The molecule has 15 nitrogen and oxygen atoms in total. The third kappa shape index (κ3) is 16.8. The lowest BCUT2D eigenvalue weighted by Crippen LogP contribution is -2.49. The number of hydrogen-bond donors (Lipinski definition) is 6. The summed E-state index contributed by atoms with van der Waals surface area (Å²) in [6, 6.07) is -0.833. The van der Waals surface area contributed by atoms with Crippen LogP contribution in [0.5, 0.6) is 0 Å². The number of primary amides is 2. The summed E-state index contributed by atoms with van der Waals surface area (Å²) in [4.78, 5) is 59.9. The molecule has 0 unspecified atom stereocenters. The van der Waals surface area contributed by atoms with Gasteiger partial charge in [0.15, 0.2) is 0 Å². The average molecular weight is 464 g/mol. The molecular weight excluding hydrogens is 432 g/mol. The number of urea groups is 1. The first kappa shape index (κ1) is 29.0. The first-order chi connectivity index (χ1) is 14.9. The highest BCUT2D eigenvalue weighted by atomic mass is 16.4. The van der Waals surface area contributed by atoms with Crippen LogP contribution in [0.15, 0.2) is 0 Å². The number of nitrogens with zero attached hydrogens (tertiary/aromatic N) is 4. The first-order valence-corrected chi connectivity index (χ1v) is 9.70. The Hall–Kier alpha value is -3.01. The van der Waals surface area contributed by atoms with Crippen LogP contribution in [0.25, 0.3) is 0 Å². The summed E-state index contributed by atoms with van der Waals surface area (Å²) in [7, 11) is 0. The molecule has 0 spiro atoms. The summed E-state index contributed by atoms with van der Waals surface area (Å²) in [5.41, 5.74) is 8.50. The van der Waals surface area contributed by atoms with Crippen LogP contribution in [0.3, 0.4) is 0 Å². The molecular formula is C17H32N6O9. The van der Waals surface area contributed by atoms with Crippen LogP contribution in [0.4, 0.5) is 4.79 Å². The standard InChI is InChI=1S/C16H28N4O8.CH4N2O/c21-13(22)9-17-1-2-18(10-14(23)24)5-6-20(12-16(27)28)8-7-19(4-3-17)11-15(25)26;2-1(3)4/h1-12H2,(H,21,22)(H,23,24)(H,25,26)(H,27,28);(H4,2,3,4). The molecule has 1 fully saturated rings. The smallest absolute Gasteiger partial charge is 0.317 e. The van der Waals surface area contributed by atoms with Crippen molar-refractivity contribution in [2.75, 3.05) is 78.5 Å². The summed E-state index contributed by atoms with van der Waals surface area (Å²) in [6.45, 7) is 1.52. The fraction of sp³-hybridized carbons (Fsp3) is 0.706. The van der Waals surface area contributed by atoms with E-state index in [2.05, 4.69) is 11.5 Å². The second-order valence-electron chi connectivity index (χ2n) is 7.08.